The lowest BCUT2D eigenvalue weighted by Crippen LogP contribution is -2.46. The van der Waals surface area contributed by atoms with Crippen molar-refractivity contribution in [2.75, 3.05) is 10.7 Å². The van der Waals surface area contributed by atoms with Crippen LogP contribution in [-0.4, -0.2) is 49.7 Å². The molecule has 196 valence electrons. The highest BCUT2D eigenvalue weighted by Gasteiger charge is 2.59. The van der Waals surface area contributed by atoms with Crippen molar-refractivity contribution in [1.29, 1.82) is 0 Å². The average molecular weight is 596 g/mol. The molecule has 0 aliphatic carbocycles. The monoisotopic (exact) mass is 595 g/mol. The summed E-state index contributed by atoms with van der Waals surface area (Å²) >= 11 is 3.18. The van der Waals surface area contributed by atoms with Crippen LogP contribution in [0.1, 0.15) is 5.56 Å². The molecule has 3 rings (SSSR count). The van der Waals surface area contributed by atoms with Crippen LogP contribution >= 0.6 is 15.9 Å². The van der Waals surface area contributed by atoms with Crippen LogP contribution in [0, 0.1) is 10.1 Å². The van der Waals surface area contributed by atoms with Crippen molar-refractivity contribution in [3.63, 3.8) is 0 Å². The van der Waals surface area contributed by atoms with E-state index >= 15 is 0 Å². The van der Waals surface area contributed by atoms with Gasteiger partial charge in [-0.25, -0.2) is 5.43 Å². The summed E-state index contributed by atoms with van der Waals surface area (Å²) in [5.41, 5.74) is 2.19. The normalized spacial score (nSPS) is 12.1. The lowest BCUT2D eigenvalue weighted by atomic mass is 10.2. The maximum absolute atomic E-state index is 13.0. The van der Waals surface area contributed by atoms with Crippen molar-refractivity contribution in [2.24, 2.45) is 5.10 Å². The van der Waals surface area contributed by atoms with Crippen molar-refractivity contribution in [1.82, 2.24) is 15.0 Å². The van der Waals surface area contributed by atoms with E-state index in [1.165, 1.54) is 30.3 Å². The van der Waals surface area contributed by atoms with Gasteiger partial charge in [-0.05, 0) is 30.3 Å². The van der Waals surface area contributed by atoms with Crippen LogP contribution in [0.15, 0.2) is 52.0 Å². The Morgan fingerprint density at radius 3 is 2.24 bits per heavy atom. The van der Waals surface area contributed by atoms with Crippen LogP contribution in [0.2, 0.25) is 0 Å². The van der Waals surface area contributed by atoms with E-state index in [0.717, 1.165) is 18.3 Å². The van der Waals surface area contributed by atoms with E-state index in [9.17, 15) is 41.6 Å². The molecule has 0 saturated heterocycles. The maximum Gasteiger partial charge on any atom is 0.434 e. The topological polar surface area (TPSA) is 148 Å². The van der Waals surface area contributed by atoms with E-state index in [1.807, 2.05) is 0 Å². The molecule has 0 spiro atoms. The lowest BCUT2D eigenvalue weighted by Gasteiger charge is -2.22. The number of nitrogens with one attached hydrogen (secondary N) is 2. The molecule has 2 aromatic carbocycles. The number of nitrogens with zero attached hydrogens (tertiary/aromatic N) is 5. The molecule has 0 bridgehead atoms. The van der Waals surface area contributed by atoms with Crippen LogP contribution in [-0.2, 0) is 0 Å². The summed E-state index contributed by atoms with van der Waals surface area (Å²) in [6.45, 7) is 0. The Morgan fingerprint density at radius 2 is 1.65 bits per heavy atom. The van der Waals surface area contributed by atoms with Crippen molar-refractivity contribution in [2.45, 2.75) is 18.5 Å². The number of benzene rings is 2. The second-order valence-corrected chi connectivity index (χ2v) is 7.76. The van der Waals surface area contributed by atoms with Crippen molar-refractivity contribution >= 4 is 45.4 Å². The Bertz CT molecular complexity index is 1290. The lowest BCUT2D eigenvalue weighted by molar-refractivity contribution is -0.384. The number of phenolic OH excluding ortho intramolecular Hbond substituents is 1. The van der Waals surface area contributed by atoms with E-state index in [1.54, 1.807) is 0 Å². The molecule has 0 atom stereocenters. The number of alkyl halides is 6. The third-order valence-electron chi connectivity index (χ3n) is 4.12. The van der Waals surface area contributed by atoms with Gasteiger partial charge in [0.2, 0.25) is 5.95 Å². The first-order valence-corrected chi connectivity index (χ1v) is 10.4. The second-order valence-electron chi connectivity index (χ2n) is 6.85. The highest BCUT2D eigenvalue weighted by Crippen LogP contribution is 2.36. The number of aromatic hydroxyl groups is 1. The van der Waals surface area contributed by atoms with Gasteiger partial charge in [0.1, 0.15) is 5.75 Å². The minimum Gasteiger partial charge on any atom is -0.507 e. The summed E-state index contributed by atoms with van der Waals surface area (Å²) in [7, 11) is 0. The molecule has 37 heavy (non-hydrogen) atoms. The summed E-state index contributed by atoms with van der Waals surface area (Å²) in [5.74, 6) is -1.40. The highest BCUT2D eigenvalue weighted by atomic mass is 79.9. The molecule has 1 aromatic heterocycles. The van der Waals surface area contributed by atoms with Crippen LogP contribution in [0.25, 0.3) is 0 Å². The zero-order valence-corrected chi connectivity index (χ0v) is 19.3. The van der Waals surface area contributed by atoms with E-state index in [4.69, 9.17) is 0 Å². The van der Waals surface area contributed by atoms with Crippen molar-refractivity contribution in [3.05, 3.63) is 62.6 Å². The van der Waals surface area contributed by atoms with Gasteiger partial charge in [0.25, 0.3) is 17.7 Å². The largest absolute Gasteiger partial charge is 0.507 e. The molecule has 1 heterocycles. The molecular weight excluding hydrogens is 584 g/mol. The molecular formula is C19H12BrF6N7O4. The number of aromatic nitrogens is 3. The smallest absolute Gasteiger partial charge is 0.434 e. The summed E-state index contributed by atoms with van der Waals surface area (Å²) in [5, 5.41) is 26.8. The Hall–Kier alpha value is -4.22. The number of nitro benzene ring substituents is 1. The molecule has 0 radical (unpaired) electrons. The Labute approximate surface area is 210 Å². The molecule has 3 aromatic rings. The van der Waals surface area contributed by atoms with Crippen LogP contribution < -0.4 is 15.5 Å². The Balaban J connectivity index is 1.93. The third-order valence-corrected chi connectivity index (χ3v) is 4.62. The zero-order valence-electron chi connectivity index (χ0n) is 17.7. The quantitative estimate of drug-likeness (QED) is 0.136. The third kappa shape index (κ3) is 7.63. The predicted octanol–water partition coefficient (Wildman–Crippen LogP) is 5.31. The fourth-order valence-electron chi connectivity index (χ4n) is 2.52. The number of ether oxygens (including phenoxy) is 1. The molecule has 18 heteroatoms. The van der Waals surface area contributed by atoms with Gasteiger partial charge in [-0.2, -0.15) is 46.4 Å². The van der Waals surface area contributed by atoms with Crippen LogP contribution in [0.4, 0.5) is 49.6 Å². The number of phenols is 1. The van der Waals surface area contributed by atoms with E-state index in [-0.39, 0.29) is 22.7 Å². The number of halogens is 7. The summed E-state index contributed by atoms with van der Waals surface area (Å²) in [6, 6.07) is 7.51. The number of hydrogen-bond acceptors (Lipinski definition) is 10. The summed E-state index contributed by atoms with van der Waals surface area (Å²) in [6.07, 6.45) is -14.9. The van der Waals surface area contributed by atoms with Crippen molar-refractivity contribution in [3.8, 4) is 11.8 Å². The van der Waals surface area contributed by atoms with Crippen LogP contribution in [0.5, 0.6) is 11.8 Å². The van der Waals surface area contributed by atoms with Gasteiger partial charge in [0.05, 0.1) is 11.1 Å². The first kappa shape index (κ1) is 27.4. The molecule has 11 nitrogen and oxygen atoms in total. The molecule has 0 aliphatic heterocycles. The van der Waals surface area contributed by atoms with Gasteiger partial charge in [-0.15, -0.1) is 0 Å². The number of hydrazone groups is 1. The standard InChI is InChI=1S/C19H12BrF6N7O4/c20-10-1-6-13(34)9(7-10)8-27-32-16-29-15(28-11-2-4-12(5-3-11)33(35)36)30-17(31-16)37-14(18(21,22)23)19(24,25)26/h1-8,14,34H,(H2,28,29,30,31,32)/b27-8-. The van der Waals surface area contributed by atoms with E-state index < -0.39 is 41.3 Å². The van der Waals surface area contributed by atoms with Gasteiger partial charge in [0.15, 0.2) is 0 Å². The Kier molecular flexibility index (Phi) is 7.99. The second kappa shape index (κ2) is 10.8. The fraction of sp³-hybridized carbons (Fsp3) is 0.158. The van der Waals surface area contributed by atoms with Crippen molar-refractivity contribution < 1.29 is 41.1 Å². The van der Waals surface area contributed by atoms with Gasteiger partial charge in [-0.1, -0.05) is 15.9 Å². The van der Waals surface area contributed by atoms with Gasteiger partial charge >= 0.3 is 18.4 Å². The number of rotatable bonds is 8. The van der Waals surface area contributed by atoms with Crippen LogP contribution in [0.3, 0.4) is 0 Å². The molecule has 0 unspecified atom stereocenters. The van der Waals surface area contributed by atoms with Gasteiger partial charge < -0.3 is 15.2 Å². The number of nitro groups is 1. The number of hydrogen-bond donors (Lipinski definition) is 3. The minimum absolute atomic E-state index is 0.0967. The zero-order chi connectivity index (χ0) is 27.4. The molecule has 0 amide bonds. The first-order valence-electron chi connectivity index (χ1n) is 9.57. The first-order chi connectivity index (χ1) is 17.2. The molecule has 0 fully saturated rings. The fourth-order valence-corrected chi connectivity index (χ4v) is 2.90. The molecule has 3 N–H and O–H groups in total. The van der Waals surface area contributed by atoms with Gasteiger partial charge in [0, 0.05) is 27.9 Å². The summed E-state index contributed by atoms with van der Waals surface area (Å²) in [4.78, 5) is 20.7. The predicted molar refractivity (Wildman–Crippen MR) is 120 cm³/mol. The Morgan fingerprint density at radius 1 is 1.03 bits per heavy atom. The van der Waals surface area contributed by atoms with Gasteiger partial charge in [-0.3, -0.25) is 10.1 Å². The SMILES string of the molecule is O=[N+]([O-])c1ccc(Nc2nc(N/N=C\c3cc(Br)ccc3O)nc(OC(C(F)(F)F)C(F)(F)F)n2)cc1. The average Bonchev–Trinajstić information content (AvgIpc) is 2.78. The summed E-state index contributed by atoms with van der Waals surface area (Å²) < 4.78 is 82.4. The molecule has 0 saturated carbocycles. The molecule has 0 aliphatic rings. The van der Waals surface area contributed by atoms with E-state index in [0.29, 0.717) is 4.47 Å². The highest BCUT2D eigenvalue weighted by molar-refractivity contribution is 9.10. The number of anilines is 3. The maximum atomic E-state index is 13.0. The number of non-ortho nitro benzene ring substituents is 1. The minimum atomic E-state index is -5.85. The van der Waals surface area contributed by atoms with E-state index in [2.05, 4.69) is 51.5 Å².